The van der Waals surface area contributed by atoms with Gasteiger partial charge in [0.1, 0.15) is 17.8 Å². The summed E-state index contributed by atoms with van der Waals surface area (Å²) >= 11 is 0. The van der Waals surface area contributed by atoms with Gasteiger partial charge in [0.05, 0.1) is 18.1 Å². The highest BCUT2D eigenvalue weighted by atomic mass is 31.2. The minimum atomic E-state index is -3.16. The Morgan fingerprint density at radius 2 is 1.40 bits per heavy atom. The second kappa shape index (κ2) is 15.5. The number of rotatable bonds is 13. The molecule has 53 heavy (non-hydrogen) atoms. The van der Waals surface area contributed by atoms with E-state index < -0.39 is 45.3 Å². The predicted molar refractivity (Wildman–Crippen MR) is 217 cm³/mol. The van der Waals surface area contributed by atoms with E-state index in [9.17, 15) is 9.59 Å². The molecule has 9 heteroatoms. The number of ether oxygens (including phenoxy) is 2. The maximum atomic E-state index is 15.1. The van der Waals surface area contributed by atoms with Crippen molar-refractivity contribution in [1.82, 2.24) is 4.90 Å². The van der Waals surface area contributed by atoms with Crippen LogP contribution >= 0.6 is 6.89 Å². The number of hydrogen-bond donors (Lipinski definition) is 0. The normalized spacial score (nSPS) is 19.0. The molecule has 0 bridgehead atoms. The number of carbonyl (C=O) groups is 3. The number of Topliss-reactive ketones (excluding diaryl/α,β-unsaturated/α-hetero) is 1. The van der Waals surface area contributed by atoms with Crippen LogP contribution in [0, 0.1) is 5.92 Å². The van der Waals surface area contributed by atoms with Crippen LogP contribution < -0.4 is 20.7 Å². The van der Waals surface area contributed by atoms with Crippen LogP contribution in [0.3, 0.4) is 0 Å². The molecule has 276 valence electrons. The molecule has 0 aliphatic carbocycles. The van der Waals surface area contributed by atoms with Gasteiger partial charge in [0.2, 0.25) is 5.91 Å². The average molecular weight is 748 g/mol. The molecular formula is C44H50NO6PSi. The summed E-state index contributed by atoms with van der Waals surface area (Å²) in [4.78, 5) is 46.0. The zero-order chi connectivity index (χ0) is 38.0. The van der Waals surface area contributed by atoms with E-state index in [0.717, 1.165) is 21.5 Å². The van der Waals surface area contributed by atoms with Crippen molar-refractivity contribution in [3.8, 4) is 5.75 Å². The molecule has 4 aromatic rings. The van der Waals surface area contributed by atoms with Crippen molar-refractivity contribution >= 4 is 54.2 Å². The van der Waals surface area contributed by atoms with E-state index in [0.29, 0.717) is 12.2 Å². The number of likely N-dealkylation sites (tertiary alicyclic amines) is 1. The SMILES string of the molecule is C=CCOC(=O)C(N1C(=O)[C@H]([C@@H](C)O[Si](C)(C)C(C)(C)C)[C@H]1CC(=O)[C@H]1Cc2ccccc2O1)=P(c1ccccc1)(c1ccccc1)c1ccccc1. The molecule has 4 atom stereocenters. The first-order chi connectivity index (χ1) is 25.3. The van der Waals surface area contributed by atoms with E-state index in [1.54, 1.807) is 4.90 Å². The van der Waals surface area contributed by atoms with Gasteiger partial charge < -0.3 is 18.8 Å². The molecule has 6 rings (SSSR count). The third kappa shape index (κ3) is 7.25. The fourth-order valence-corrected chi connectivity index (χ4v) is 13.2. The average Bonchev–Trinajstić information content (AvgIpc) is 3.59. The number of benzene rings is 4. The van der Waals surface area contributed by atoms with Crippen LogP contribution in [0.25, 0.3) is 0 Å². The van der Waals surface area contributed by atoms with Gasteiger partial charge >= 0.3 is 5.97 Å². The zero-order valence-corrected chi connectivity index (χ0v) is 33.4. The Balaban J connectivity index is 1.59. The number of hydrogen-bond acceptors (Lipinski definition) is 6. The minimum Gasteiger partial charge on any atom is -0.482 e. The van der Waals surface area contributed by atoms with Crippen LogP contribution in [0.4, 0.5) is 0 Å². The highest BCUT2D eigenvalue weighted by Gasteiger charge is 2.57. The second-order valence-electron chi connectivity index (χ2n) is 15.4. The number of esters is 1. The molecule has 1 saturated heterocycles. The maximum absolute atomic E-state index is 15.1. The first-order valence-corrected chi connectivity index (χ1v) is 23.0. The summed E-state index contributed by atoms with van der Waals surface area (Å²) in [7, 11) is -2.35. The van der Waals surface area contributed by atoms with E-state index in [-0.39, 0.29) is 35.2 Å². The summed E-state index contributed by atoms with van der Waals surface area (Å²) in [5.41, 5.74) is 1.21. The second-order valence-corrected chi connectivity index (χ2v) is 23.4. The molecule has 2 aliphatic rings. The first-order valence-electron chi connectivity index (χ1n) is 18.3. The quantitative estimate of drug-likeness (QED) is 0.0480. The molecule has 0 unspecified atom stereocenters. The molecule has 0 aromatic heterocycles. The Kier molecular flexibility index (Phi) is 11.2. The molecule has 0 radical (unpaired) electrons. The maximum Gasteiger partial charge on any atom is 0.356 e. The Hall–Kier alpha value is -4.49. The number of ketones is 1. The third-order valence-corrected chi connectivity index (χ3v) is 19.8. The van der Waals surface area contributed by atoms with Crippen LogP contribution in [-0.4, -0.2) is 61.2 Å². The van der Waals surface area contributed by atoms with Crippen molar-refractivity contribution in [3.05, 3.63) is 133 Å². The largest absolute Gasteiger partial charge is 0.482 e. The Morgan fingerprint density at radius 3 is 1.89 bits per heavy atom. The highest BCUT2D eigenvalue weighted by molar-refractivity contribution is 7.96. The molecule has 0 N–H and O–H groups in total. The van der Waals surface area contributed by atoms with Gasteiger partial charge in [0.25, 0.3) is 0 Å². The lowest BCUT2D eigenvalue weighted by molar-refractivity contribution is -0.158. The van der Waals surface area contributed by atoms with Crippen LogP contribution in [0.2, 0.25) is 18.1 Å². The van der Waals surface area contributed by atoms with Crippen LogP contribution in [0.5, 0.6) is 5.75 Å². The summed E-state index contributed by atoms with van der Waals surface area (Å²) in [5.74, 6) is -0.997. The summed E-state index contributed by atoms with van der Waals surface area (Å²) in [6.45, 7) is 13.3. The van der Waals surface area contributed by atoms with Gasteiger partial charge in [-0.1, -0.05) is 143 Å². The molecular weight excluding hydrogens is 698 g/mol. The molecule has 2 heterocycles. The summed E-state index contributed by atoms with van der Waals surface area (Å²) < 4.78 is 19.0. The smallest absolute Gasteiger partial charge is 0.356 e. The van der Waals surface area contributed by atoms with Crippen LogP contribution in [-0.2, 0) is 30.0 Å². The Bertz CT molecular complexity index is 1900. The number of fused-ring (bicyclic) bond motifs is 1. The third-order valence-electron chi connectivity index (χ3n) is 11.0. The fourth-order valence-electron chi connectivity index (χ4n) is 7.34. The fraction of sp³-hybridized carbons (Fsp3) is 0.318. The number of carbonyl (C=O) groups excluding carboxylic acids is 3. The van der Waals surface area contributed by atoms with Gasteiger partial charge in [-0.25, -0.2) is 4.79 Å². The van der Waals surface area contributed by atoms with Gasteiger partial charge in [0.15, 0.2) is 20.2 Å². The Morgan fingerprint density at radius 1 is 0.887 bits per heavy atom. The predicted octanol–water partition coefficient (Wildman–Crippen LogP) is 7.04. The molecule has 1 amide bonds. The summed E-state index contributed by atoms with van der Waals surface area (Å²) in [6.07, 6.45) is 0.743. The van der Waals surface area contributed by atoms with Crippen molar-refractivity contribution in [1.29, 1.82) is 0 Å². The van der Waals surface area contributed by atoms with Gasteiger partial charge in [-0.3, -0.25) is 9.59 Å². The summed E-state index contributed by atoms with van der Waals surface area (Å²) in [6, 6.07) is 36.6. The van der Waals surface area contributed by atoms with Crippen LogP contribution in [0.1, 0.15) is 39.7 Å². The van der Waals surface area contributed by atoms with Crippen molar-refractivity contribution in [2.45, 2.75) is 76.9 Å². The lowest BCUT2D eigenvalue weighted by Crippen LogP contribution is -2.69. The minimum absolute atomic E-state index is 0.0170. The number of amides is 1. The van der Waals surface area contributed by atoms with E-state index in [2.05, 4.69) is 40.4 Å². The van der Waals surface area contributed by atoms with Gasteiger partial charge in [0, 0.05) is 19.7 Å². The standard InChI is InChI=1S/C44H50NO6PSi/c1-8-28-49-43(48)42(52(33-21-12-9-13-22-33,34-23-14-10-15-24-34)35-25-16-11-17-26-35)45-36(30-37(46)39-29-32-20-18-19-27-38(32)50-39)40(41(45)47)31(2)51-53(6,7)44(3,4)5/h8-27,31,36,39-40H,1,28-30H2,2-7H3/t31-,36-,39-,40-/m1/s1. The van der Waals surface area contributed by atoms with E-state index in [1.807, 2.05) is 122 Å². The first kappa shape index (κ1) is 38.2. The molecule has 7 nitrogen and oxygen atoms in total. The zero-order valence-electron chi connectivity index (χ0n) is 31.5. The van der Waals surface area contributed by atoms with Crippen molar-refractivity contribution in [2.75, 3.05) is 6.61 Å². The van der Waals surface area contributed by atoms with Gasteiger partial charge in [-0.15, -0.1) is 0 Å². The number of para-hydroxylation sites is 1. The monoisotopic (exact) mass is 747 g/mol. The molecule has 0 spiro atoms. The van der Waals surface area contributed by atoms with E-state index >= 15 is 4.79 Å². The van der Waals surface area contributed by atoms with Crippen molar-refractivity contribution < 1.29 is 28.3 Å². The lowest BCUT2D eigenvalue weighted by Gasteiger charge is -2.53. The van der Waals surface area contributed by atoms with Gasteiger partial charge in [-0.05, 0) is 52.6 Å². The summed E-state index contributed by atoms with van der Waals surface area (Å²) in [5, 5.41) is 2.53. The number of β-lactam (4-membered cyclic amide) rings is 1. The van der Waals surface area contributed by atoms with Crippen LogP contribution in [0.15, 0.2) is 128 Å². The Labute approximate surface area is 315 Å². The van der Waals surface area contributed by atoms with E-state index in [1.165, 1.54) is 6.08 Å². The molecule has 0 saturated carbocycles. The molecule has 2 aliphatic heterocycles. The van der Waals surface area contributed by atoms with E-state index in [4.69, 9.17) is 13.9 Å². The van der Waals surface area contributed by atoms with Crippen molar-refractivity contribution in [3.63, 3.8) is 0 Å². The molecule has 1 fully saturated rings. The van der Waals surface area contributed by atoms with Gasteiger partial charge in [-0.2, -0.15) is 0 Å². The topological polar surface area (TPSA) is 82.1 Å². The lowest BCUT2D eigenvalue weighted by atomic mass is 9.79. The highest BCUT2D eigenvalue weighted by Crippen LogP contribution is 2.51. The van der Waals surface area contributed by atoms with Crippen molar-refractivity contribution in [2.24, 2.45) is 5.92 Å². The molecule has 4 aromatic carbocycles. The number of nitrogens with zero attached hydrogens (tertiary/aromatic N) is 1.